The molecule has 158 valence electrons. The Balaban J connectivity index is 1.31. The van der Waals surface area contributed by atoms with Crippen LogP contribution in [-0.2, 0) is 4.79 Å². The van der Waals surface area contributed by atoms with Crippen molar-refractivity contribution in [3.63, 3.8) is 0 Å². The Morgan fingerprint density at radius 1 is 1.00 bits per heavy atom. The van der Waals surface area contributed by atoms with Crippen LogP contribution in [0.3, 0.4) is 0 Å². The zero-order chi connectivity index (χ0) is 19.7. The molecule has 1 aliphatic heterocycles. The van der Waals surface area contributed by atoms with E-state index in [0.717, 1.165) is 43.7 Å². The second-order valence-corrected chi connectivity index (χ2v) is 10.3. The van der Waals surface area contributed by atoms with E-state index in [1.54, 1.807) is 0 Å². The average Bonchev–Trinajstić information content (AvgIpc) is 2.71. The molecule has 3 saturated carbocycles. The van der Waals surface area contributed by atoms with Crippen LogP contribution in [-0.4, -0.2) is 42.5 Å². The maximum Gasteiger partial charge on any atom is 0.246 e. The van der Waals surface area contributed by atoms with Crippen LogP contribution in [0, 0.1) is 23.7 Å². The average molecular weight is 388 g/mol. The molecule has 0 aromatic heterocycles. The molecule has 4 rings (SSSR count). The molecule has 0 spiro atoms. The summed E-state index contributed by atoms with van der Waals surface area (Å²) < 4.78 is 0. The minimum atomic E-state index is 0.250. The van der Waals surface area contributed by atoms with Gasteiger partial charge in [0.25, 0.3) is 0 Å². The first kappa shape index (κ1) is 20.4. The van der Waals surface area contributed by atoms with Gasteiger partial charge in [0.05, 0.1) is 0 Å². The molecule has 0 saturated heterocycles. The van der Waals surface area contributed by atoms with Gasteiger partial charge in [0, 0.05) is 36.7 Å². The van der Waals surface area contributed by atoms with Gasteiger partial charge >= 0.3 is 0 Å². The van der Waals surface area contributed by atoms with Gasteiger partial charge in [0.1, 0.15) is 0 Å². The van der Waals surface area contributed by atoms with Crippen LogP contribution in [0.15, 0.2) is 11.6 Å². The number of fused-ring (bicyclic) bond motifs is 1. The Morgan fingerprint density at radius 3 is 2.29 bits per heavy atom. The van der Waals surface area contributed by atoms with Gasteiger partial charge < -0.3 is 16.0 Å². The van der Waals surface area contributed by atoms with Crippen molar-refractivity contribution >= 4 is 5.91 Å². The van der Waals surface area contributed by atoms with E-state index in [1.807, 2.05) is 6.08 Å². The highest BCUT2D eigenvalue weighted by Crippen LogP contribution is 2.42. The van der Waals surface area contributed by atoms with Gasteiger partial charge in [0.15, 0.2) is 0 Å². The van der Waals surface area contributed by atoms with Crippen LogP contribution < -0.4 is 11.1 Å². The largest absolute Gasteiger partial charge is 0.335 e. The number of nitrogens with one attached hydrogen (secondary N) is 1. The maximum atomic E-state index is 12.8. The number of amides is 1. The van der Waals surface area contributed by atoms with E-state index in [0.29, 0.717) is 17.9 Å². The van der Waals surface area contributed by atoms with Crippen LogP contribution in [0.5, 0.6) is 0 Å². The molecule has 1 heterocycles. The predicted molar refractivity (Wildman–Crippen MR) is 115 cm³/mol. The summed E-state index contributed by atoms with van der Waals surface area (Å²) in [5.74, 6) is 3.38. The number of rotatable bonds is 4. The van der Waals surface area contributed by atoms with Gasteiger partial charge in [-0.1, -0.05) is 5.57 Å². The standard InChI is InChI=1S/C24H41N3O/c1-16-13-24(28)27(23-14-20(25)9-12-22(16)23)15-17-3-5-18(6-4-17)19-7-10-21(26-2)11-8-19/h13,17-23,26H,3-12,14-15,25H2,1-2H3. The molecule has 4 aliphatic rings. The number of nitrogens with two attached hydrogens (primary N) is 1. The lowest BCUT2D eigenvalue weighted by molar-refractivity contribution is -0.132. The third-order valence-corrected chi connectivity index (χ3v) is 8.67. The molecule has 4 heteroatoms. The van der Waals surface area contributed by atoms with Crippen molar-refractivity contribution in [2.45, 2.75) is 95.7 Å². The summed E-state index contributed by atoms with van der Waals surface area (Å²) in [6.45, 7) is 3.12. The topological polar surface area (TPSA) is 58.4 Å². The van der Waals surface area contributed by atoms with E-state index in [2.05, 4.69) is 24.2 Å². The number of carbonyl (C=O) groups excluding carboxylic acids is 1. The summed E-state index contributed by atoms with van der Waals surface area (Å²) in [4.78, 5) is 15.0. The summed E-state index contributed by atoms with van der Waals surface area (Å²) in [5.41, 5.74) is 7.58. The Hall–Kier alpha value is -0.870. The van der Waals surface area contributed by atoms with Gasteiger partial charge in [-0.3, -0.25) is 4.79 Å². The van der Waals surface area contributed by atoms with Crippen molar-refractivity contribution in [3.05, 3.63) is 11.6 Å². The summed E-state index contributed by atoms with van der Waals surface area (Å²) in [6, 6.07) is 1.38. The third kappa shape index (κ3) is 4.33. The summed E-state index contributed by atoms with van der Waals surface area (Å²) >= 11 is 0. The van der Waals surface area contributed by atoms with Gasteiger partial charge in [-0.2, -0.15) is 0 Å². The molecular weight excluding hydrogens is 346 g/mol. The molecule has 3 fully saturated rings. The zero-order valence-electron chi connectivity index (χ0n) is 18.0. The lowest BCUT2D eigenvalue weighted by Gasteiger charge is -2.47. The first-order valence-electron chi connectivity index (χ1n) is 12.0. The van der Waals surface area contributed by atoms with Crippen molar-refractivity contribution in [1.82, 2.24) is 10.2 Å². The van der Waals surface area contributed by atoms with E-state index in [-0.39, 0.29) is 11.9 Å². The van der Waals surface area contributed by atoms with Crippen LogP contribution >= 0.6 is 0 Å². The van der Waals surface area contributed by atoms with Crippen molar-refractivity contribution in [2.75, 3.05) is 13.6 Å². The van der Waals surface area contributed by atoms with E-state index in [4.69, 9.17) is 5.73 Å². The first-order valence-corrected chi connectivity index (χ1v) is 12.0. The number of nitrogens with zero attached hydrogens (tertiary/aromatic N) is 1. The molecule has 0 aromatic carbocycles. The van der Waals surface area contributed by atoms with Crippen LogP contribution in [0.4, 0.5) is 0 Å². The second kappa shape index (κ2) is 8.87. The van der Waals surface area contributed by atoms with E-state index in [1.165, 1.54) is 56.9 Å². The maximum absolute atomic E-state index is 12.8. The highest BCUT2D eigenvalue weighted by atomic mass is 16.2. The van der Waals surface area contributed by atoms with E-state index >= 15 is 0 Å². The molecule has 3 aliphatic carbocycles. The molecule has 28 heavy (non-hydrogen) atoms. The highest BCUT2D eigenvalue weighted by Gasteiger charge is 2.40. The predicted octanol–water partition coefficient (Wildman–Crippen LogP) is 3.86. The smallest absolute Gasteiger partial charge is 0.246 e. The van der Waals surface area contributed by atoms with Crippen molar-refractivity contribution in [3.8, 4) is 0 Å². The van der Waals surface area contributed by atoms with Gasteiger partial charge in [-0.05, 0) is 102 Å². The molecule has 4 nitrogen and oxygen atoms in total. The summed E-state index contributed by atoms with van der Waals surface area (Å²) in [5, 5.41) is 3.46. The summed E-state index contributed by atoms with van der Waals surface area (Å²) in [7, 11) is 2.11. The molecule has 1 amide bonds. The Morgan fingerprint density at radius 2 is 1.64 bits per heavy atom. The molecule has 3 atom stereocenters. The minimum Gasteiger partial charge on any atom is -0.335 e. The van der Waals surface area contributed by atoms with E-state index in [9.17, 15) is 4.79 Å². The first-order chi connectivity index (χ1) is 13.5. The fraction of sp³-hybridized carbons (Fsp3) is 0.875. The number of hydrogen-bond acceptors (Lipinski definition) is 3. The fourth-order valence-corrected chi connectivity index (χ4v) is 6.83. The normalized spacial score (nSPS) is 42.1. The SMILES string of the molecule is CNC1CCC(C2CCC(CN3C(=O)C=C(C)C4CCC(N)CC43)CC2)CC1. The molecule has 0 bridgehead atoms. The Kier molecular flexibility index (Phi) is 6.46. The van der Waals surface area contributed by atoms with Crippen molar-refractivity contribution in [1.29, 1.82) is 0 Å². The van der Waals surface area contributed by atoms with Crippen molar-refractivity contribution < 1.29 is 4.79 Å². The van der Waals surface area contributed by atoms with Crippen LogP contribution in [0.1, 0.15) is 77.6 Å². The molecular formula is C24H41N3O. The highest BCUT2D eigenvalue weighted by molar-refractivity contribution is 5.89. The minimum absolute atomic E-state index is 0.250. The van der Waals surface area contributed by atoms with E-state index < -0.39 is 0 Å². The molecule has 3 N–H and O–H groups in total. The quantitative estimate of drug-likeness (QED) is 0.770. The molecule has 3 unspecified atom stereocenters. The second-order valence-electron chi connectivity index (χ2n) is 10.3. The summed E-state index contributed by atoms with van der Waals surface area (Å²) in [6.07, 6.45) is 16.1. The molecule has 0 aromatic rings. The lowest BCUT2D eigenvalue weighted by Crippen LogP contribution is -2.54. The Bertz CT molecular complexity index is 572. The van der Waals surface area contributed by atoms with Gasteiger partial charge in [-0.15, -0.1) is 0 Å². The van der Waals surface area contributed by atoms with Crippen LogP contribution in [0.2, 0.25) is 0 Å². The lowest BCUT2D eigenvalue weighted by atomic mass is 9.70. The van der Waals surface area contributed by atoms with Crippen LogP contribution in [0.25, 0.3) is 0 Å². The third-order valence-electron chi connectivity index (χ3n) is 8.67. The fourth-order valence-electron chi connectivity index (χ4n) is 6.83. The number of hydrogen-bond donors (Lipinski definition) is 2. The Labute approximate surface area is 171 Å². The van der Waals surface area contributed by atoms with Gasteiger partial charge in [-0.25, -0.2) is 0 Å². The van der Waals surface area contributed by atoms with Crippen molar-refractivity contribution in [2.24, 2.45) is 29.4 Å². The monoisotopic (exact) mass is 387 g/mol. The van der Waals surface area contributed by atoms with Gasteiger partial charge in [0.2, 0.25) is 5.91 Å². The zero-order valence-corrected chi connectivity index (χ0v) is 18.0. The number of carbonyl (C=O) groups is 1. The molecule has 0 radical (unpaired) electrons.